The van der Waals surface area contributed by atoms with E-state index in [9.17, 15) is 8.42 Å². The normalized spacial score (nSPS) is 15.4. The molecule has 0 atom stereocenters. The minimum atomic E-state index is -3.82. The lowest BCUT2D eigenvalue weighted by Gasteiger charge is -2.28. The second-order valence-electron chi connectivity index (χ2n) is 7.95. The smallest absolute Gasteiger partial charge is 0.313 e. The van der Waals surface area contributed by atoms with Crippen LogP contribution in [0, 0.1) is 6.92 Å². The van der Waals surface area contributed by atoms with Gasteiger partial charge in [0.15, 0.2) is 0 Å². The molecule has 3 rings (SSSR count). The van der Waals surface area contributed by atoms with Gasteiger partial charge in [-0.15, -0.1) is 0 Å². The summed E-state index contributed by atoms with van der Waals surface area (Å²) in [5.74, 6) is 0.796. The molecule has 2 aromatic rings. The average Bonchev–Trinajstić information content (AvgIpc) is 2.57. The summed E-state index contributed by atoms with van der Waals surface area (Å²) in [6.07, 6.45) is 0.953. The SMILES string of the molecule is COc1cc(-c2cc(S(=O)(=O)ON3CCC3)ccc2C)ccc1C(C)(C)C. The van der Waals surface area contributed by atoms with Crippen LogP contribution < -0.4 is 4.74 Å². The van der Waals surface area contributed by atoms with Crippen LogP contribution in [0.1, 0.15) is 38.3 Å². The van der Waals surface area contributed by atoms with Crippen molar-refractivity contribution in [1.82, 2.24) is 5.06 Å². The summed E-state index contributed by atoms with van der Waals surface area (Å²) in [6.45, 7) is 9.65. The first-order chi connectivity index (χ1) is 12.6. The monoisotopic (exact) mass is 389 g/mol. The average molecular weight is 390 g/mol. The van der Waals surface area contributed by atoms with Gasteiger partial charge in [-0.05, 0) is 59.2 Å². The van der Waals surface area contributed by atoms with Crippen LogP contribution in [0.3, 0.4) is 0 Å². The Morgan fingerprint density at radius 2 is 1.74 bits per heavy atom. The Morgan fingerprint density at radius 3 is 2.30 bits per heavy atom. The number of aryl methyl sites for hydroxylation is 1. The fourth-order valence-corrected chi connectivity index (χ4v) is 4.10. The molecule has 6 heteroatoms. The summed E-state index contributed by atoms with van der Waals surface area (Å²) in [6, 6.07) is 11.1. The van der Waals surface area contributed by atoms with Crippen LogP contribution in [-0.4, -0.2) is 33.7 Å². The predicted molar refractivity (Wildman–Crippen MR) is 106 cm³/mol. The Labute approximate surface area is 162 Å². The Hall–Kier alpha value is -1.89. The molecule has 0 aromatic heterocycles. The van der Waals surface area contributed by atoms with Crippen molar-refractivity contribution in [3.63, 3.8) is 0 Å². The fourth-order valence-electron chi connectivity index (χ4n) is 3.09. The second kappa shape index (κ2) is 7.26. The van der Waals surface area contributed by atoms with Crippen molar-refractivity contribution in [1.29, 1.82) is 0 Å². The van der Waals surface area contributed by atoms with E-state index in [1.807, 2.05) is 31.2 Å². The summed E-state index contributed by atoms with van der Waals surface area (Å²) in [7, 11) is -2.16. The molecular formula is C21H27NO4S. The summed E-state index contributed by atoms with van der Waals surface area (Å²) < 4.78 is 35.9. The van der Waals surface area contributed by atoms with E-state index >= 15 is 0 Å². The molecule has 27 heavy (non-hydrogen) atoms. The number of hydroxylamine groups is 2. The third-order valence-electron chi connectivity index (χ3n) is 4.84. The number of benzene rings is 2. The van der Waals surface area contributed by atoms with Gasteiger partial charge in [0, 0.05) is 13.1 Å². The minimum Gasteiger partial charge on any atom is -0.496 e. The molecule has 0 saturated carbocycles. The third kappa shape index (κ3) is 4.18. The zero-order valence-corrected chi connectivity index (χ0v) is 17.4. The molecule has 0 aliphatic carbocycles. The molecule has 1 aliphatic rings. The minimum absolute atomic E-state index is 0.0465. The molecule has 1 heterocycles. The van der Waals surface area contributed by atoms with Gasteiger partial charge in [-0.1, -0.05) is 39.0 Å². The van der Waals surface area contributed by atoms with E-state index in [0.29, 0.717) is 13.1 Å². The standard InChI is InChI=1S/C21H27NO4S/c1-15-7-9-17(27(23,24)26-22-11-6-12-22)14-18(15)16-8-10-19(21(2,3)4)20(13-16)25-5/h7-10,13-14H,6,11-12H2,1-5H3. The molecule has 0 N–H and O–H groups in total. The number of rotatable bonds is 5. The Balaban J connectivity index is 2.02. The summed E-state index contributed by atoms with van der Waals surface area (Å²) in [5, 5.41) is 1.47. The number of ether oxygens (including phenoxy) is 1. The van der Waals surface area contributed by atoms with Crippen molar-refractivity contribution in [3.8, 4) is 16.9 Å². The first-order valence-electron chi connectivity index (χ1n) is 9.11. The van der Waals surface area contributed by atoms with Gasteiger partial charge in [0.2, 0.25) is 0 Å². The van der Waals surface area contributed by atoms with Crippen LogP contribution in [0.25, 0.3) is 11.1 Å². The highest BCUT2D eigenvalue weighted by Gasteiger charge is 2.25. The molecule has 0 radical (unpaired) electrons. The van der Waals surface area contributed by atoms with Crippen LogP contribution in [0.15, 0.2) is 41.3 Å². The molecule has 0 unspecified atom stereocenters. The molecule has 146 valence electrons. The second-order valence-corrected chi connectivity index (χ2v) is 9.48. The van der Waals surface area contributed by atoms with Gasteiger partial charge in [0.1, 0.15) is 5.75 Å². The van der Waals surface area contributed by atoms with Gasteiger partial charge < -0.3 is 4.74 Å². The van der Waals surface area contributed by atoms with E-state index in [4.69, 9.17) is 9.02 Å². The van der Waals surface area contributed by atoms with Gasteiger partial charge in [0.05, 0.1) is 12.0 Å². The molecule has 1 aliphatic heterocycles. The van der Waals surface area contributed by atoms with Crippen molar-refractivity contribution in [3.05, 3.63) is 47.5 Å². The fraction of sp³-hybridized carbons (Fsp3) is 0.429. The molecule has 5 nitrogen and oxygen atoms in total. The van der Waals surface area contributed by atoms with Crippen LogP contribution >= 0.6 is 0 Å². The van der Waals surface area contributed by atoms with Crippen molar-refractivity contribution in [2.75, 3.05) is 20.2 Å². The van der Waals surface area contributed by atoms with E-state index in [1.54, 1.807) is 19.2 Å². The molecule has 0 amide bonds. The van der Waals surface area contributed by atoms with Crippen molar-refractivity contribution in [2.45, 2.75) is 44.4 Å². The maximum absolute atomic E-state index is 12.6. The van der Waals surface area contributed by atoms with Gasteiger partial charge in [-0.3, -0.25) is 0 Å². The highest BCUT2D eigenvalue weighted by molar-refractivity contribution is 7.86. The quantitative estimate of drug-likeness (QED) is 0.763. The molecule has 1 saturated heterocycles. The predicted octanol–water partition coefficient (Wildman–Crippen LogP) is 4.29. The van der Waals surface area contributed by atoms with Gasteiger partial charge in [-0.2, -0.15) is 17.8 Å². The number of nitrogens with zero attached hydrogens (tertiary/aromatic N) is 1. The lowest BCUT2D eigenvalue weighted by atomic mass is 9.85. The summed E-state index contributed by atoms with van der Waals surface area (Å²) >= 11 is 0. The molecule has 0 spiro atoms. The third-order valence-corrected chi connectivity index (χ3v) is 6.08. The molecule has 2 aromatic carbocycles. The van der Waals surface area contributed by atoms with Crippen molar-refractivity contribution >= 4 is 10.1 Å². The van der Waals surface area contributed by atoms with Gasteiger partial charge >= 0.3 is 10.1 Å². The van der Waals surface area contributed by atoms with E-state index in [-0.39, 0.29) is 10.3 Å². The van der Waals surface area contributed by atoms with Crippen LogP contribution in [0.5, 0.6) is 5.75 Å². The van der Waals surface area contributed by atoms with Crippen LogP contribution in [-0.2, 0) is 19.8 Å². The van der Waals surface area contributed by atoms with E-state index in [0.717, 1.165) is 34.4 Å². The van der Waals surface area contributed by atoms with Crippen LogP contribution in [0.2, 0.25) is 0 Å². The van der Waals surface area contributed by atoms with Crippen LogP contribution in [0.4, 0.5) is 0 Å². The molecule has 1 fully saturated rings. The number of hydrogen-bond donors (Lipinski definition) is 0. The first-order valence-corrected chi connectivity index (χ1v) is 10.5. The lowest BCUT2D eigenvalue weighted by Crippen LogP contribution is -2.38. The largest absolute Gasteiger partial charge is 0.496 e. The molecule has 0 bridgehead atoms. The topological polar surface area (TPSA) is 55.8 Å². The Bertz CT molecular complexity index is 941. The zero-order valence-electron chi connectivity index (χ0n) is 16.6. The van der Waals surface area contributed by atoms with Crippen molar-refractivity contribution in [2.24, 2.45) is 0 Å². The first kappa shape index (κ1) is 19.9. The van der Waals surface area contributed by atoms with Crippen molar-refractivity contribution < 1.29 is 17.4 Å². The summed E-state index contributed by atoms with van der Waals surface area (Å²) in [4.78, 5) is 0.161. The van der Waals surface area contributed by atoms with E-state index in [2.05, 4.69) is 20.8 Å². The number of hydrogen-bond acceptors (Lipinski definition) is 5. The van der Waals surface area contributed by atoms with Gasteiger partial charge in [0.25, 0.3) is 0 Å². The molecular weight excluding hydrogens is 362 g/mol. The van der Waals surface area contributed by atoms with Gasteiger partial charge in [-0.25, -0.2) is 0 Å². The maximum Gasteiger partial charge on any atom is 0.313 e. The van der Waals surface area contributed by atoms with E-state index < -0.39 is 10.1 Å². The highest BCUT2D eigenvalue weighted by Crippen LogP contribution is 2.36. The highest BCUT2D eigenvalue weighted by atomic mass is 32.2. The summed E-state index contributed by atoms with van der Waals surface area (Å²) in [5.41, 5.74) is 3.81. The Kier molecular flexibility index (Phi) is 5.34. The number of methoxy groups -OCH3 is 1. The lowest BCUT2D eigenvalue weighted by molar-refractivity contribution is -0.101. The Morgan fingerprint density at radius 1 is 1.04 bits per heavy atom. The van der Waals surface area contributed by atoms with E-state index in [1.165, 1.54) is 5.06 Å². The zero-order chi connectivity index (χ0) is 19.8. The maximum atomic E-state index is 12.6.